The summed E-state index contributed by atoms with van der Waals surface area (Å²) < 4.78 is 1.56. The number of aromatic nitrogens is 4. The topological polar surface area (TPSA) is 65.9 Å². The smallest absolute Gasteiger partial charge is 0.292 e. The summed E-state index contributed by atoms with van der Waals surface area (Å²) in [6.45, 7) is 3.77. The highest BCUT2D eigenvalue weighted by Crippen LogP contribution is 2.07. The molecule has 0 saturated heterocycles. The van der Waals surface area contributed by atoms with Crippen LogP contribution in [-0.2, 0) is 0 Å². The molecule has 0 amide bonds. The molecule has 6 heteroatoms. The van der Waals surface area contributed by atoms with Gasteiger partial charge < -0.3 is 0 Å². The van der Waals surface area contributed by atoms with Crippen molar-refractivity contribution < 1.29 is 0 Å². The van der Waals surface area contributed by atoms with Gasteiger partial charge in [-0.05, 0) is 26.1 Å². The first-order valence-corrected chi connectivity index (χ1v) is 4.18. The van der Waals surface area contributed by atoms with Gasteiger partial charge in [-0.2, -0.15) is 4.52 Å². The molecule has 0 aliphatic heterocycles. The summed E-state index contributed by atoms with van der Waals surface area (Å²) >= 11 is 4.80. The van der Waals surface area contributed by atoms with E-state index in [1.54, 1.807) is 0 Å². The Balaban J connectivity index is 3.12. The minimum absolute atomic E-state index is 0.215. The molecule has 0 fully saturated rings. The molecule has 2 aromatic rings. The summed E-state index contributed by atoms with van der Waals surface area (Å²) in [5, 5.41) is 2.89. The van der Waals surface area contributed by atoms with E-state index in [-0.39, 0.29) is 10.5 Å². The summed E-state index contributed by atoms with van der Waals surface area (Å²) in [6, 6.07) is 0. The molecule has 0 atom stereocenters. The number of hydrogen-bond donors (Lipinski definition) is 2. The van der Waals surface area contributed by atoms with E-state index in [1.165, 1.54) is 4.52 Å². The van der Waals surface area contributed by atoms with Gasteiger partial charge in [0.1, 0.15) is 0 Å². The van der Waals surface area contributed by atoms with Crippen LogP contribution in [0.1, 0.15) is 11.3 Å². The fourth-order valence-corrected chi connectivity index (χ4v) is 1.37. The first kappa shape index (κ1) is 8.18. The summed E-state index contributed by atoms with van der Waals surface area (Å²) in [7, 11) is 0. The lowest BCUT2D eigenvalue weighted by atomic mass is 10.3. The van der Waals surface area contributed by atoms with Crippen molar-refractivity contribution >= 4 is 17.9 Å². The van der Waals surface area contributed by atoms with Gasteiger partial charge in [0.05, 0.1) is 0 Å². The first-order chi connectivity index (χ1) is 6.09. The van der Waals surface area contributed by atoms with Crippen LogP contribution in [0, 0.1) is 18.6 Å². The molecule has 68 valence electrons. The van der Waals surface area contributed by atoms with E-state index in [0.717, 1.165) is 11.3 Å². The third-order valence-corrected chi connectivity index (χ3v) is 2.21. The zero-order valence-corrected chi connectivity index (χ0v) is 8.03. The third kappa shape index (κ3) is 1.10. The van der Waals surface area contributed by atoms with Gasteiger partial charge in [-0.1, -0.05) is 0 Å². The standard InChI is InChI=1S/C7H8N4OS/c1-3-4(2)10-11-5(3)8-6(13)9-7(11)12/h10H,1-2H3,(H,9,12,13). The molecule has 0 bridgehead atoms. The maximum absolute atomic E-state index is 11.3. The lowest BCUT2D eigenvalue weighted by Gasteiger charge is -1.90. The zero-order valence-electron chi connectivity index (χ0n) is 7.21. The highest BCUT2D eigenvalue weighted by molar-refractivity contribution is 7.71. The highest BCUT2D eigenvalue weighted by Gasteiger charge is 2.06. The number of aryl methyl sites for hydroxylation is 2. The molecule has 0 saturated carbocycles. The van der Waals surface area contributed by atoms with Gasteiger partial charge >= 0.3 is 5.69 Å². The fourth-order valence-electron chi connectivity index (χ4n) is 1.19. The SMILES string of the molecule is Cc1[nH]n2c(=O)[nH]c(=S)nc2c1C. The van der Waals surface area contributed by atoms with Gasteiger partial charge in [0, 0.05) is 11.3 Å². The van der Waals surface area contributed by atoms with Crippen molar-refractivity contribution in [1.82, 2.24) is 19.6 Å². The second-order valence-electron chi connectivity index (χ2n) is 2.87. The van der Waals surface area contributed by atoms with Gasteiger partial charge in [0.15, 0.2) is 5.65 Å². The van der Waals surface area contributed by atoms with Crippen molar-refractivity contribution in [2.75, 3.05) is 0 Å². The third-order valence-electron chi connectivity index (χ3n) is 2.01. The maximum Gasteiger partial charge on any atom is 0.348 e. The van der Waals surface area contributed by atoms with E-state index < -0.39 is 0 Å². The number of hydrogen-bond acceptors (Lipinski definition) is 3. The molecule has 13 heavy (non-hydrogen) atoms. The Labute approximate surface area is 78.4 Å². The summed E-state index contributed by atoms with van der Waals surface area (Å²) in [5.74, 6) is 0. The van der Waals surface area contributed by atoms with Crippen LogP contribution in [-0.4, -0.2) is 19.6 Å². The molecule has 0 aliphatic carbocycles. The average Bonchev–Trinajstić information content (AvgIpc) is 2.32. The Kier molecular flexibility index (Phi) is 1.59. The summed E-state index contributed by atoms with van der Waals surface area (Å²) in [6.07, 6.45) is 0. The van der Waals surface area contributed by atoms with Crippen LogP contribution in [0.4, 0.5) is 0 Å². The number of nitrogens with zero attached hydrogens (tertiary/aromatic N) is 2. The number of nitrogens with one attached hydrogen (secondary N) is 2. The minimum atomic E-state index is -0.286. The van der Waals surface area contributed by atoms with Crippen LogP contribution in [0.15, 0.2) is 4.79 Å². The number of fused-ring (bicyclic) bond motifs is 1. The van der Waals surface area contributed by atoms with E-state index in [4.69, 9.17) is 12.2 Å². The number of rotatable bonds is 0. The zero-order chi connectivity index (χ0) is 9.59. The molecule has 2 rings (SSSR count). The average molecular weight is 196 g/mol. The predicted molar refractivity (Wildman–Crippen MR) is 50.5 cm³/mol. The second-order valence-corrected chi connectivity index (χ2v) is 3.25. The molecule has 2 N–H and O–H groups in total. The molecule has 0 spiro atoms. The largest absolute Gasteiger partial charge is 0.348 e. The molecule has 5 nitrogen and oxygen atoms in total. The van der Waals surface area contributed by atoms with Crippen LogP contribution in [0.25, 0.3) is 5.65 Å². The van der Waals surface area contributed by atoms with E-state index >= 15 is 0 Å². The molecular formula is C7H8N4OS. The molecule has 0 aromatic carbocycles. The Morgan fingerprint density at radius 1 is 1.46 bits per heavy atom. The van der Waals surface area contributed by atoms with Crippen molar-refractivity contribution in [1.29, 1.82) is 0 Å². The molecule has 2 heterocycles. The van der Waals surface area contributed by atoms with E-state index in [2.05, 4.69) is 15.1 Å². The van der Waals surface area contributed by atoms with Crippen molar-refractivity contribution in [3.8, 4) is 0 Å². The van der Waals surface area contributed by atoms with Crippen LogP contribution >= 0.6 is 12.2 Å². The Bertz CT molecular complexity index is 576. The van der Waals surface area contributed by atoms with E-state index in [0.29, 0.717) is 5.65 Å². The van der Waals surface area contributed by atoms with Gasteiger partial charge in [0.25, 0.3) is 0 Å². The van der Waals surface area contributed by atoms with Crippen LogP contribution in [0.5, 0.6) is 0 Å². The quantitative estimate of drug-likeness (QED) is 0.609. The van der Waals surface area contributed by atoms with E-state index in [1.807, 2.05) is 13.8 Å². The van der Waals surface area contributed by atoms with Crippen LogP contribution < -0.4 is 5.69 Å². The molecular weight excluding hydrogens is 188 g/mol. The predicted octanol–water partition coefficient (Wildman–Crippen LogP) is 0.697. The first-order valence-electron chi connectivity index (χ1n) is 3.78. The Hall–Kier alpha value is -1.43. The normalized spacial score (nSPS) is 10.9. The molecule has 0 unspecified atom stereocenters. The number of H-pyrrole nitrogens is 2. The Morgan fingerprint density at radius 3 is 2.85 bits per heavy atom. The Morgan fingerprint density at radius 2 is 2.15 bits per heavy atom. The van der Waals surface area contributed by atoms with Gasteiger partial charge in [-0.25, -0.2) is 9.78 Å². The van der Waals surface area contributed by atoms with Crippen molar-refractivity contribution in [3.05, 3.63) is 26.5 Å². The van der Waals surface area contributed by atoms with Crippen LogP contribution in [0.2, 0.25) is 0 Å². The lowest BCUT2D eigenvalue weighted by molar-refractivity contribution is 0.822. The highest BCUT2D eigenvalue weighted by atomic mass is 32.1. The molecule has 0 radical (unpaired) electrons. The minimum Gasteiger partial charge on any atom is -0.292 e. The summed E-state index contributed by atoms with van der Waals surface area (Å²) in [4.78, 5) is 17.8. The van der Waals surface area contributed by atoms with Crippen LogP contribution in [0.3, 0.4) is 0 Å². The summed E-state index contributed by atoms with van der Waals surface area (Å²) in [5.41, 5.74) is 2.16. The van der Waals surface area contributed by atoms with Crippen molar-refractivity contribution in [2.45, 2.75) is 13.8 Å². The van der Waals surface area contributed by atoms with Gasteiger partial charge in [0.2, 0.25) is 4.77 Å². The molecule has 2 aromatic heterocycles. The maximum atomic E-state index is 11.3. The fraction of sp³-hybridized carbons (Fsp3) is 0.286. The monoisotopic (exact) mass is 196 g/mol. The molecule has 0 aliphatic rings. The van der Waals surface area contributed by atoms with Gasteiger partial charge in [-0.15, -0.1) is 0 Å². The van der Waals surface area contributed by atoms with Gasteiger partial charge in [-0.3, -0.25) is 10.1 Å². The van der Waals surface area contributed by atoms with E-state index in [9.17, 15) is 4.79 Å². The second kappa shape index (κ2) is 2.53. The van der Waals surface area contributed by atoms with Crippen molar-refractivity contribution in [3.63, 3.8) is 0 Å². The number of aromatic amines is 2. The lowest BCUT2D eigenvalue weighted by Crippen LogP contribution is -2.18. The van der Waals surface area contributed by atoms with Crippen molar-refractivity contribution in [2.24, 2.45) is 0 Å².